The minimum atomic E-state index is 0.178. The second-order valence-electron chi connectivity index (χ2n) is 5.90. The van der Waals surface area contributed by atoms with Crippen molar-refractivity contribution in [3.05, 3.63) is 29.8 Å². The Labute approximate surface area is 127 Å². The molecule has 1 fully saturated rings. The van der Waals surface area contributed by atoms with Gasteiger partial charge in [-0.05, 0) is 43.5 Å². The average molecular weight is 290 g/mol. The zero-order valence-electron chi connectivity index (χ0n) is 13.3. The number of para-hydroxylation sites is 1. The van der Waals surface area contributed by atoms with E-state index in [2.05, 4.69) is 12.2 Å². The lowest BCUT2D eigenvalue weighted by Crippen LogP contribution is -2.31. The Kier molecular flexibility index (Phi) is 5.62. The molecule has 4 heteroatoms. The van der Waals surface area contributed by atoms with Crippen LogP contribution in [0.2, 0.25) is 0 Å². The number of rotatable bonds is 6. The van der Waals surface area contributed by atoms with Gasteiger partial charge in [0.1, 0.15) is 5.75 Å². The number of carbonyl (C=O) groups excluding carboxylic acids is 1. The van der Waals surface area contributed by atoms with Crippen LogP contribution in [0.4, 0.5) is 0 Å². The summed E-state index contributed by atoms with van der Waals surface area (Å²) in [6.07, 6.45) is 1.66. The SMILES string of the molecule is CNCC1CCN(C(=O)CC(C)c2ccccc2OC)C1. The van der Waals surface area contributed by atoms with Crippen LogP contribution in [0, 0.1) is 5.92 Å². The second kappa shape index (κ2) is 7.46. The van der Waals surface area contributed by atoms with Gasteiger partial charge < -0.3 is 15.0 Å². The largest absolute Gasteiger partial charge is 0.496 e. The Hall–Kier alpha value is -1.55. The van der Waals surface area contributed by atoms with Crippen LogP contribution < -0.4 is 10.1 Å². The van der Waals surface area contributed by atoms with Crippen LogP contribution >= 0.6 is 0 Å². The smallest absolute Gasteiger partial charge is 0.223 e. The maximum atomic E-state index is 12.4. The average Bonchev–Trinajstić information content (AvgIpc) is 2.96. The summed E-state index contributed by atoms with van der Waals surface area (Å²) in [5.74, 6) is 1.90. The highest BCUT2D eigenvalue weighted by molar-refractivity contribution is 5.77. The first-order valence-corrected chi connectivity index (χ1v) is 7.71. The lowest BCUT2D eigenvalue weighted by atomic mass is 9.96. The van der Waals surface area contributed by atoms with Crippen molar-refractivity contribution in [2.45, 2.75) is 25.7 Å². The fourth-order valence-corrected chi connectivity index (χ4v) is 3.09. The summed E-state index contributed by atoms with van der Waals surface area (Å²) < 4.78 is 5.39. The van der Waals surface area contributed by atoms with Crippen molar-refractivity contribution in [2.24, 2.45) is 5.92 Å². The number of carbonyl (C=O) groups is 1. The molecule has 0 aliphatic carbocycles. The third-order valence-electron chi connectivity index (χ3n) is 4.28. The van der Waals surface area contributed by atoms with Crippen LogP contribution in [-0.4, -0.2) is 44.6 Å². The number of hydrogen-bond acceptors (Lipinski definition) is 3. The van der Waals surface area contributed by atoms with Crippen molar-refractivity contribution < 1.29 is 9.53 Å². The summed E-state index contributed by atoms with van der Waals surface area (Å²) in [4.78, 5) is 14.5. The van der Waals surface area contributed by atoms with Crippen LogP contribution in [0.25, 0.3) is 0 Å². The van der Waals surface area contributed by atoms with E-state index in [1.165, 1.54) is 0 Å². The van der Waals surface area contributed by atoms with Gasteiger partial charge in [-0.3, -0.25) is 4.79 Å². The Balaban J connectivity index is 1.93. The predicted octanol–water partition coefficient (Wildman–Crippen LogP) is 2.26. The molecule has 1 saturated heterocycles. The number of methoxy groups -OCH3 is 1. The van der Waals surface area contributed by atoms with E-state index in [1.807, 2.05) is 36.2 Å². The number of benzene rings is 1. The van der Waals surface area contributed by atoms with Crippen molar-refractivity contribution in [3.8, 4) is 5.75 Å². The molecule has 1 aromatic carbocycles. The van der Waals surface area contributed by atoms with Crippen molar-refractivity contribution in [1.82, 2.24) is 10.2 Å². The van der Waals surface area contributed by atoms with Gasteiger partial charge >= 0.3 is 0 Å². The topological polar surface area (TPSA) is 41.6 Å². The Bertz CT molecular complexity index is 476. The van der Waals surface area contributed by atoms with Gasteiger partial charge in [-0.25, -0.2) is 0 Å². The van der Waals surface area contributed by atoms with E-state index in [9.17, 15) is 4.79 Å². The molecule has 1 aliphatic rings. The molecule has 0 radical (unpaired) electrons. The molecule has 0 spiro atoms. The second-order valence-corrected chi connectivity index (χ2v) is 5.90. The van der Waals surface area contributed by atoms with E-state index in [0.717, 1.165) is 37.4 Å². The maximum Gasteiger partial charge on any atom is 0.223 e. The molecule has 0 bridgehead atoms. The lowest BCUT2D eigenvalue weighted by molar-refractivity contribution is -0.130. The van der Waals surface area contributed by atoms with Crippen LogP contribution in [0.5, 0.6) is 5.75 Å². The van der Waals surface area contributed by atoms with E-state index in [-0.39, 0.29) is 11.8 Å². The molecule has 1 aromatic rings. The van der Waals surface area contributed by atoms with E-state index in [1.54, 1.807) is 7.11 Å². The summed E-state index contributed by atoms with van der Waals surface area (Å²) in [6.45, 7) is 4.87. The van der Waals surface area contributed by atoms with Gasteiger partial charge in [0.15, 0.2) is 0 Å². The number of nitrogens with zero attached hydrogens (tertiary/aromatic N) is 1. The van der Waals surface area contributed by atoms with Crippen molar-refractivity contribution in [1.29, 1.82) is 0 Å². The normalized spacial score (nSPS) is 19.6. The molecule has 1 N–H and O–H groups in total. The van der Waals surface area contributed by atoms with E-state index < -0.39 is 0 Å². The van der Waals surface area contributed by atoms with Crippen LogP contribution in [0.3, 0.4) is 0 Å². The van der Waals surface area contributed by atoms with Gasteiger partial charge in [-0.2, -0.15) is 0 Å². The molecule has 1 amide bonds. The monoisotopic (exact) mass is 290 g/mol. The first-order chi connectivity index (χ1) is 10.2. The first-order valence-electron chi connectivity index (χ1n) is 7.71. The highest BCUT2D eigenvalue weighted by Gasteiger charge is 2.27. The summed E-state index contributed by atoms with van der Waals surface area (Å²) in [6, 6.07) is 7.96. The highest BCUT2D eigenvalue weighted by atomic mass is 16.5. The molecule has 1 heterocycles. The van der Waals surface area contributed by atoms with Crippen LogP contribution in [-0.2, 0) is 4.79 Å². The van der Waals surface area contributed by atoms with E-state index >= 15 is 0 Å². The zero-order chi connectivity index (χ0) is 15.2. The summed E-state index contributed by atoms with van der Waals surface area (Å²) in [5.41, 5.74) is 1.11. The molecule has 0 aromatic heterocycles. The predicted molar refractivity (Wildman–Crippen MR) is 84.6 cm³/mol. The van der Waals surface area contributed by atoms with Crippen LogP contribution in [0.1, 0.15) is 31.2 Å². The number of ether oxygens (including phenoxy) is 1. The molecule has 2 unspecified atom stereocenters. The van der Waals surface area contributed by atoms with Crippen molar-refractivity contribution in [3.63, 3.8) is 0 Å². The van der Waals surface area contributed by atoms with Crippen molar-refractivity contribution >= 4 is 5.91 Å². The zero-order valence-corrected chi connectivity index (χ0v) is 13.3. The van der Waals surface area contributed by atoms with Gasteiger partial charge in [-0.1, -0.05) is 25.1 Å². The highest BCUT2D eigenvalue weighted by Crippen LogP contribution is 2.29. The van der Waals surface area contributed by atoms with Crippen LogP contribution in [0.15, 0.2) is 24.3 Å². The standard InChI is InChI=1S/C17H26N2O2/c1-13(15-6-4-5-7-16(15)21-3)10-17(20)19-9-8-14(12-19)11-18-2/h4-7,13-14,18H,8-12H2,1-3H3. The molecule has 2 atom stereocenters. The van der Waals surface area contributed by atoms with Gasteiger partial charge in [0.05, 0.1) is 7.11 Å². The molecule has 1 aliphatic heterocycles. The van der Waals surface area contributed by atoms with Gasteiger partial charge in [-0.15, -0.1) is 0 Å². The molecule has 2 rings (SSSR count). The Morgan fingerprint density at radius 3 is 2.95 bits per heavy atom. The molecular formula is C17H26N2O2. The summed E-state index contributed by atoms with van der Waals surface area (Å²) in [7, 11) is 3.64. The third-order valence-corrected chi connectivity index (χ3v) is 4.28. The molecule has 0 saturated carbocycles. The molecule has 21 heavy (non-hydrogen) atoms. The fourth-order valence-electron chi connectivity index (χ4n) is 3.09. The molecule has 116 valence electrons. The van der Waals surface area contributed by atoms with Gasteiger partial charge in [0.2, 0.25) is 5.91 Å². The summed E-state index contributed by atoms with van der Waals surface area (Å²) in [5, 5.41) is 3.20. The minimum Gasteiger partial charge on any atom is -0.496 e. The third kappa shape index (κ3) is 3.97. The lowest BCUT2D eigenvalue weighted by Gasteiger charge is -2.20. The quantitative estimate of drug-likeness (QED) is 0.874. The van der Waals surface area contributed by atoms with E-state index in [4.69, 9.17) is 4.74 Å². The fraction of sp³-hybridized carbons (Fsp3) is 0.588. The van der Waals surface area contributed by atoms with Gasteiger partial charge in [0.25, 0.3) is 0 Å². The van der Waals surface area contributed by atoms with Gasteiger partial charge in [0, 0.05) is 19.5 Å². The molecule has 4 nitrogen and oxygen atoms in total. The Morgan fingerprint density at radius 2 is 2.24 bits per heavy atom. The number of amides is 1. The minimum absolute atomic E-state index is 0.178. The maximum absolute atomic E-state index is 12.4. The summed E-state index contributed by atoms with van der Waals surface area (Å²) >= 11 is 0. The molecular weight excluding hydrogens is 264 g/mol. The number of hydrogen-bond donors (Lipinski definition) is 1. The van der Waals surface area contributed by atoms with Crippen molar-refractivity contribution in [2.75, 3.05) is 33.8 Å². The number of likely N-dealkylation sites (tertiary alicyclic amines) is 1. The van der Waals surface area contributed by atoms with E-state index in [0.29, 0.717) is 12.3 Å². The first kappa shape index (κ1) is 15.8. The Morgan fingerprint density at radius 1 is 1.48 bits per heavy atom. The number of nitrogens with one attached hydrogen (secondary N) is 1.